The third kappa shape index (κ3) is 1.78. The number of nitrogen functional groups attached to an aromatic ring is 1. The average molecular weight is 286 g/mol. The summed E-state index contributed by atoms with van der Waals surface area (Å²) >= 11 is 3.41. The Balaban J connectivity index is 2.17. The maximum absolute atomic E-state index is 9.67. The Bertz CT molecular complexity index is 388. The lowest BCUT2D eigenvalue weighted by Crippen LogP contribution is -2.57. The van der Waals surface area contributed by atoms with Crippen molar-refractivity contribution in [3.8, 4) is 0 Å². The largest absolute Gasteiger partial charge is 0.396 e. The Morgan fingerprint density at radius 1 is 1.56 bits per heavy atom. The Morgan fingerprint density at radius 2 is 2.25 bits per heavy atom. The van der Waals surface area contributed by atoms with Crippen LogP contribution in [0, 0.1) is 5.41 Å². The molecule has 16 heavy (non-hydrogen) atoms. The van der Waals surface area contributed by atoms with Crippen LogP contribution in [0.25, 0.3) is 0 Å². The van der Waals surface area contributed by atoms with Gasteiger partial charge in [0.15, 0.2) is 0 Å². The maximum Gasteiger partial charge on any atom is 0.0752 e. The number of hydrogen-bond donors (Lipinski definition) is 3. The molecule has 1 aliphatic rings. The zero-order valence-electron chi connectivity index (χ0n) is 9.37. The first kappa shape index (κ1) is 11.7. The minimum Gasteiger partial charge on any atom is -0.396 e. The molecule has 5 heteroatoms. The molecule has 1 fully saturated rings. The van der Waals surface area contributed by atoms with Crippen LogP contribution in [0.4, 0.5) is 11.4 Å². The second-order valence-corrected chi connectivity index (χ2v) is 5.71. The van der Waals surface area contributed by atoms with Crippen molar-refractivity contribution >= 4 is 27.3 Å². The van der Waals surface area contributed by atoms with Crippen LogP contribution < -0.4 is 11.1 Å². The van der Waals surface area contributed by atoms with Gasteiger partial charge < -0.3 is 16.2 Å². The Hall–Kier alpha value is -0.810. The summed E-state index contributed by atoms with van der Waals surface area (Å²) < 4.78 is 0.852. The van der Waals surface area contributed by atoms with E-state index < -0.39 is 0 Å². The predicted octanol–water partition coefficient (Wildman–Crippen LogP) is 2.00. The molecular formula is C11H16BrN3O. The number of nitrogens with one attached hydrogen (secondary N) is 1. The summed E-state index contributed by atoms with van der Waals surface area (Å²) in [6.07, 6.45) is 3.84. The Morgan fingerprint density at radius 3 is 2.75 bits per heavy atom. The Kier molecular flexibility index (Phi) is 2.84. The first-order valence-corrected chi connectivity index (χ1v) is 6.06. The molecule has 1 aromatic heterocycles. The summed E-state index contributed by atoms with van der Waals surface area (Å²) in [5, 5.41) is 13.0. The number of rotatable bonds is 2. The molecule has 1 heterocycles. The molecule has 4 nitrogen and oxygen atoms in total. The van der Waals surface area contributed by atoms with Gasteiger partial charge in [0.25, 0.3) is 0 Å². The summed E-state index contributed by atoms with van der Waals surface area (Å²) in [6.45, 7) is 4.09. The molecule has 1 aliphatic carbocycles. The standard InChI is InChI=1S/C11H16BrN3O/c1-11(2)8(3-9(11)16)15-10-6(12)4-14-5-7(10)13/h4-5,8-9,16H,3,13H2,1-2H3,(H,14,15). The summed E-state index contributed by atoms with van der Waals surface area (Å²) in [5.74, 6) is 0. The second-order valence-electron chi connectivity index (χ2n) is 4.86. The van der Waals surface area contributed by atoms with Gasteiger partial charge in [-0.3, -0.25) is 4.98 Å². The van der Waals surface area contributed by atoms with E-state index in [0.29, 0.717) is 5.69 Å². The number of aromatic nitrogens is 1. The molecule has 0 bridgehead atoms. The van der Waals surface area contributed by atoms with Crippen molar-refractivity contribution in [3.05, 3.63) is 16.9 Å². The summed E-state index contributed by atoms with van der Waals surface area (Å²) in [7, 11) is 0. The molecule has 0 radical (unpaired) electrons. The number of halogens is 1. The van der Waals surface area contributed by atoms with E-state index in [0.717, 1.165) is 16.6 Å². The number of nitrogens with two attached hydrogens (primary N) is 1. The molecular weight excluding hydrogens is 270 g/mol. The molecule has 4 N–H and O–H groups in total. The van der Waals surface area contributed by atoms with E-state index in [1.165, 1.54) is 0 Å². The second kappa shape index (κ2) is 3.89. The highest BCUT2D eigenvalue weighted by atomic mass is 79.9. The van der Waals surface area contributed by atoms with Gasteiger partial charge in [0.05, 0.1) is 28.1 Å². The highest BCUT2D eigenvalue weighted by molar-refractivity contribution is 9.10. The van der Waals surface area contributed by atoms with Crippen LogP contribution in [0.3, 0.4) is 0 Å². The maximum atomic E-state index is 9.67. The lowest BCUT2D eigenvalue weighted by atomic mass is 9.64. The molecule has 0 aromatic carbocycles. The van der Waals surface area contributed by atoms with Crippen LogP contribution in [0.1, 0.15) is 20.3 Å². The lowest BCUT2D eigenvalue weighted by Gasteiger charge is -2.50. The first-order chi connectivity index (χ1) is 7.43. The van der Waals surface area contributed by atoms with Gasteiger partial charge in [-0.2, -0.15) is 0 Å². The van der Waals surface area contributed by atoms with Crippen molar-refractivity contribution in [1.29, 1.82) is 0 Å². The first-order valence-electron chi connectivity index (χ1n) is 5.26. The normalized spacial score (nSPS) is 27.2. The molecule has 2 rings (SSSR count). The molecule has 0 spiro atoms. The molecule has 2 atom stereocenters. The number of nitrogens with zero attached hydrogens (tertiary/aromatic N) is 1. The number of aliphatic hydroxyl groups is 1. The zero-order chi connectivity index (χ0) is 11.9. The van der Waals surface area contributed by atoms with E-state index in [9.17, 15) is 5.11 Å². The van der Waals surface area contributed by atoms with Crippen molar-refractivity contribution in [2.24, 2.45) is 5.41 Å². The van der Waals surface area contributed by atoms with Crippen molar-refractivity contribution in [1.82, 2.24) is 4.98 Å². The van der Waals surface area contributed by atoms with Crippen LogP contribution in [0.5, 0.6) is 0 Å². The van der Waals surface area contributed by atoms with Crippen LogP contribution in [-0.2, 0) is 0 Å². The third-order valence-electron chi connectivity index (χ3n) is 3.46. The minimum absolute atomic E-state index is 0.116. The lowest BCUT2D eigenvalue weighted by molar-refractivity contribution is -0.0510. The molecule has 1 saturated carbocycles. The Labute approximate surface area is 103 Å². The SMILES string of the molecule is CC1(C)C(O)CC1Nc1c(N)cncc1Br. The third-order valence-corrected chi connectivity index (χ3v) is 4.06. The van der Waals surface area contributed by atoms with E-state index in [1.54, 1.807) is 12.4 Å². The fourth-order valence-corrected chi connectivity index (χ4v) is 2.39. The van der Waals surface area contributed by atoms with E-state index in [2.05, 4.69) is 26.2 Å². The number of aliphatic hydroxyl groups excluding tert-OH is 1. The fourth-order valence-electron chi connectivity index (χ4n) is 1.92. The van der Waals surface area contributed by atoms with Crippen molar-refractivity contribution in [3.63, 3.8) is 0 Å². The monoisotopic (exact) mass is 285 g/mol. The smallest absolute Gasteiger partial charge is 0.0752 e. The van der Waals surface area contributed by atoms with Gasteiger partial charge in [-0.1, -0.05) is 13.8 Å². The van der Waals surface area contributed by atoms with Gasteiger partial charge in [0.1, 0.15) is 0 Å². The number of pyridine rings is 1. The zero-order valence-corrected chi connectivity index (χ0v) is 11.0. The van der Waals surface area contributed by atoms with E-state index in [4.69, 9.17) is 5.73 Å². The number of hydrogen-bond acceptors (Lipinski definition) is 4. The predicted molar refractivity (Wildman–Crippen MR) is 68.2 cm³/mol. The molecule has 1 aromatic rings. The molecule has 88 valence electrons. The van der Waals surface area contributed by atoms with Crippen molar-refractivity contribution in [2.45, 2.75) is 32.4 Å². The summed E-state index contributed by atoms with van der Waals surface area (Å²) in [4.78, 5) is 3.99. The quantitative estimate of drug-likeness (QED) is 0.777. The van der Waals surface area contributed by atoms with Crippen LogP contribution in [0.2, 0.25) is 0 Å². The molecule has 0 saturated heterocycles. The van der Waals surface area contributed by atoms with Crippen molar-refractivity contribution in [2.75, 3.05) is 11.1 Å². The van der Waals surface area contributed by atoms with E-state index in [1.807, 2.05) is 13.8 Å². The average Bonchev–Trinajstić information content (AvgIpc) is 2.22. The van der Waals surface area contributed by atoms with Gasteiger partial charge in [-0.15, -0.1) is 0 Å². The molecule has 2 unspecified atom stereocenters. The van der Waals surface area contributed by atoms with Gasteiger partial charge in [-0.25, -0.2) is 0 Å². The fraction of sp³-hybridized carbons (Fsp3) is 0.545. The van der Waals surface area contributed by atoms with Crippen LogP contribution in [-0.4, -0.2) is 22.2 Å². The summed E-state index contributed by atoms with van der Waals surface area (Å²) in [6, 6.07) is 0.239. The molecule has 0 amide bonds. The highest BCUT2D eigenvalue weighted by Gasteiger charge is 2.47. The minimum atomic E-state index is -0.244. The van der Waals surface area contributed by atoms with E-state index in [-0.39, 0.29) is 17.6 Å². The summed E-state index contributed by atoms with van der Waals surface area (Å²) in [5.41, 5.74) is 7.22. The van der Waals surface area contributed by atoms with Crippen molar-refractivity contribution < 1.29 is 5.11 Å². The van der Waals surface area contributed by atoms with Crippen LogP contribution in [0.15, 0.2) is 16.9 Å². The van der Waals surface area contributed by atoms with Gasteiger partial charge in [0, 0.05) is 17.7 Å². The number of anilines is 2. The van der Waals surface area contributed by atoms with Crippen LogP contribution >= 0.6 is 15.9 Å². The van der Waals surface area contributed by atoms with E-state index >= 15 is 0 Å². The van der Waals surface area contributed by atoms with Gasteiger partial charge in [-0.05, 0) is 22.4 Å². The molecule has 0 aliphatic heterocycles. The van der Waals surface area contributed by atoms with Gasteiger partial charge >= 0.3 is 0 Å². The topological polar surface area (TPSA) is 71.2 Å². The highest BCUT2D eigenvalue weighted by Crippen LogP contribution is 2.43. The van der Waals surface area contributed by atoms with Gasteiger partial charge in [0.2, 0.25) is 0 Å².